The maximum absolute atomic E-state index is 5.56. The molecule has 6 nitrogen and oxygen atoms in total. The monoisotopic (exact) mass is 537 g/mol. The molecule has 4 heterocycles. The Labute approximate surface area is 239 Å². The van der Waals surface area contributed by atoms with Crippen molar-refractivity contribution in [3.05, 3.63) is 35.3 Å². The van der Waals surface area contributed by atoms with E-state index in [0.29, 0.717) is 11.8 Å². The van der Waals surface area contributed by atoms with E-state index in [1.165, 1.54) is 36.8 Å². The van der Waals surface area contributed by atoms with Crippen LogP contribution in [0.15, 0.2) is 18.5 Å². The molecule has 0 amide bonds. The van der Waals surface area contributed by atoms with Crippen molar-refractivity contribution >= 4 is 11.8 Å². The van der Waals surface area contributed by atoms with E-state index in [-0.39, 0.29) is 0 Å². The zero-order valence-corrected chi connectivity index (χ0v) is 26.5. The lowest BCUT2D eigenvalue weighted by Gasteiger charge is -2.35. The van der Waals surface area contributed by atoms with Gasteiger partial charge in [0.25, 0.3) is 0 Å². The van der Waals surface area contributed by atoms with E-state index in [1.54, 1.807) is 7.11 Å². The van der Waals surface area contributed by atoms with Crippen LogP contribution in [0.3, 0.4) is 0 Å². The van der Waals surface area contributed by atoms with Crippen molar-refractivity contribution in [2.24, 2.45) is 23.7 Å². The Morgan fingerprint density at radius 1 is 0.744 bits per heavy atom. The number of aromatic nitrogens is 3. The molecular weight excluding hydrogens is 482 g/mol. The largest absolute Gasteiger partial charge is 0.493 e. The Kier molecular flexibility index (Phi) is 11.4. The highest BCUT2D eigenvalue weighted by Gasteiger charge is 2.25. The molecule has 0 saturated carbocycles. The molecule has 2 aliphatic rings. The Balaban J connectivity index is 0.000000216. The molecule has 2 fully saturated rings. The van der Waals surface area contributed by atoms with Crippen molar-refractivity contribution in [2.75, 3.05) is 43.1 Å². The van der Waals surface area contributed by atoms with Crippen LogP contribution in [0.1, 0.15) is 110 Å². The van der Waals surface area contributed by atoms with Gasteiger partial charge in [-0.15, -0.1) is 0 Å². The molecule has 0 N–H and O–H groups in total. The number of hydrogen-bond donors (Lipinski definition) is 0. The molecule has 0 radical (unpaired) electrons. The molecule has 4 rings (SSSR count). The van der Waals surface area contributed by atoms with Crippen LogP contribution in [-0.4, -0.2) is 48.2 Å². The minimum Gasteiger partial charge on any atom is -0.493 e. The second-order valence-electron chi connectivity index (χ2n) is 13.0. The Bertz CT molecular complexity index is 1020. The smallest absolute Gasteiger partial charge is 0.225 e. The van der Waals surface area contributed by atoms with E-state index in [0.717, 1.165) is 73.1 Å². The first-order valence-electron chi connectivity index (χ1n) is 15.4. The summed E-state index contributed by atoms with van der Waals surface area (Å²) in [6.45, 7) is 24.6. The Morgan fingerprint density at radius 2 is 1.28 bits per heavy atom. The van der Waals surface area contributed by atoms with Gasteiger partial charge in [0, 0.05) is 44.3 Å². The van der Waals surface area contributed by atoms with Gasteiger partial charge >= 0.3 is 0 Å². The fourth-order valence-electron chi connectivity index (χ4n) is 5.88. The summed E-state index contributed by atoms with van der Waals surface area (Å²) in [7, 11) is 1.74. The maximum atomic E-state index is 5.56. The van der Waals surface area contributed by atoms with Crippen LogP contribution < -0.4 is 14.5 Å². The van der Waals surface area contributed by atoms with Crippen LogP contribution in [0.5, 0.6) is 5.75 Å². The van der Waals surface area contributed by atoms with Crippen molar-refractivity contribution < 1.29 is 4.74 Å². The first-order chi connectivity index (χ1) is 18.5. The summed E-state index contributed by atoms with van der Waals surface area (Å²) in [6.07, 6.45) is 9.06. The SMILES string of the molecule is COc1cc(C(C)C)cnc1N1CCC(C(C)C)CC1.Cc1nc(N2CCC(C(C)C)CC2)ncc1C(C)C. The number of methoxy groups -OCH3 is 1. The molecule has 6 heteroatoms. The van der Waals surface area contributed by atoms with Gasteiger partial charge in [-0.3, -0.25) is 0 Å². The van der Waals surface area contributed by atoms with E-state index in [9.17, 15) is 0 Å². The summed E-state index contributed by atoms with van der Waals surface area (Å²) < 4.78 is 5.56. The van der Waals surface area contributed by atoms with Crippen LogP contribution >= 0.6 is 0 Å². The first-order valence-corrected chi connectivity index (χ1v) is 15.4. The van der Waals surface area contributed by atoms with Crippen LogP contribution in [0.25, 0.3) is 0 Å². The molecular formula is C33H55N5O. The fraction of sp³-hybridized carbons (Fsp3) is 0.727. The average molecular weight is 538 g/mol. The van der Waals surface area contributed by atoms with Crippen molar-refractivity contribution in [3.8, 4) is 5.75 Å². The number of aryl methyl sites for hydroxylation is 1. The zero-order chi connectivity index (χ0) is 28.7. The predicted molar refractivity (Wildman–Crippen MR) is 165 cm³/mol. The Hall–Kier alpha value is -2.37. The summed E-state index contributed by atoms with van der Waals surface area (Å²) in [5.41, 5.74) is 3.63. The molecule has 2 aliphatic heterocycles. The summed E-state index contributed by atoms with van der Waals surface area (Å²) in [5, 5.41) is 0. The number of pyridine rings is 1. The molecule has 2 aromatic rings. The van der Waals surface area contributed by atoms with Gasteiger partial charge in [-0.1, -0.05) is 55.4 Å². The summed E-state index contributed by atoms with van der Waals surface area (Å²) in [4.78, 5) is 18.7. The number of piperidine rings is 2. The van der Waals surface area contributed by atoms with Gasteiger partial charge in [-0.2, -0.15) is 0 Å². The van der Waals surface area contributed by atoms with Gasteiger partial charge in [-0.25, -0.2) is 15.0 Å². The second-order valence-corrected chi connectivity index (χ2v) is 13.0. The van der Waals surface area contributed by atoms with Crippen LogP contribution in [-0.2, 0) is 0 Å². The molecule has 0 atom stereocenters. The molecule has 2 aromatic heterocycles. The third kappa shape index (κ3) is 8.31. The van der Waals surface area contributed by atoms with E-state index in [1.807, 2.05) is 12.4 Å². The molecule has 39 heavy (non-hydrogen) atoms. The lowest BCUT2D eigenvalue weighted by Crippen LogP contribution is -2.36. The van der Waals surface area contributed by atoms with E-state index in [2.05, 4.69) is 88.1 Å². The van der Waals surface area contributed by atoms with Crippen molar-refractivity contribution in [1.29, 1.82) is 0 Å². The van der Waals surface area contributed by atoms with Gasteiger partial charge in [0.15, 0.2) is 11.6 Å². The normalized spacial score (nSPS) is 17.3. The summed E-state index contributed by atoms with van der Waals surface area (Å²) in [5.74, 6) is 7.14. The first kappa shape index (κ1) is 31.2. The number of hydrogen-bond acceptors (Lipinski definition) is 6. The third-order valence-corrected chi connectivity index (χ3v) is 8.91. The number of ether oxygens (including phenoxy) is 1. The zero-order valence-electron chi connectivity index (χ0n) is 26.5. The molecule has 0 aromatic carbocycles. The molecule has 0 spiro atoms. The highest BCUT2D eigenvalue weighted by molar-refractivity contribution is 5.54. The minimum absolute atomic E-state index is 0.483. The summed E-state index contributed by atoms with van der Waals surface area (Å²) >= 11 is 0. The lowest BCUT2D eigenvalue weighted by molar-refractivity contribution is 0.309. The summed E-state index contributed by atoms with van der Waals surface area (Å²) in [6, 6.07) is 2.14. The Morgan fingerprint density at radius 3 is 1.72 bits per heavy atom. The van der Waals surface area contributed by atoms with Gasteiger partial charge in [0.2, 0.25) is 5.95 Å². The fourth-order valence-corrected chi connectivity index (χ4v) is 5.88. The minimum atomic E-state index is 0.483. The van der Waals surface area contributed by atoms with Gasteiger partial charge in [-0.05, 0) is 85.3 Å². The molecule has 0 unspecified atom stereocenters. The van der Waals surface area contributed by atoms with E-state index >= 15 is 0 Å². The van der Waals surface area contributed by atoms with Crippen molar-refractivity contribution in [1.82, 2.24) is 15.0 Å². The van der Waals surface area contributed by atoms with Crippen LogP contribution in [0.4, 0.5) is 11.8 Å². The number of rotatable bonds is 7. The number of nitrogens with zero attached hydrogens (tertiary/aromatic N) is 5. The maximum Gasteiger partial charge on any atom is 0.225 e. The molecule has 218 valence electrons. The second kappa shape index (κ2) is 14.3. The molecule has 0 aliphatic carbocycles. The van der Waals surface area contributed by atoms with Crippen LogP contribution in [0, 0.1) is 30.6 Å². The quantitative estimate of drug-likeness (QED) is 0.358. The number of anilines is 2. The lowest BCUT2D eigenvalue weighted by atomic mass is 9.87. The molecule has 2 saturated heterocycles. The average Bonchev–Trinajstić information content (AvgIpc) is 2.92. The van der Waals surface area contributed by atoms with E-state index in [4.69, 9.17) is 9.72 Å². The highest BCUT2D eigenvalue weighted by Crippen LogP contribution is 2.33. The third-order valence-electron chi connectivity index (χ3n) is 8.91. The van der Waals surface area contributed by atoms with Gasteiger partial charge < -0.3 is 14.5 Å². The highest BCUT2D eigenvalue weighted by atomic mass is 16.5. The topological polar surface area (TPSA) is 54.4 Å². The predicted octanol–water partition coefficient (Wildman–Crippen LogP) is 7.87. The van der Waals surface area contributed by atoms with Gasteiger partial charge in [0.05, 0.1) is 7.11 Å². The van der Waals surface area contributed by atoms with Crippen molar-refractivity contribution in [2.45, 2.75) is 99.8 Å². The standard InChI is InChI=1S/C17H28N2O.C16H27N3/c1-12(2)14-6-8-19(9-7-14)17-16(20-5)10-15(11-18-17)13(3)4;1-11(2)14-6-8-19(9-7-14)16-17-10-15(12(3)4)13(5)18-16/h10-14H,6-9H2,1-5H3;10-12,14H,6-9H2,1-5H3. The van der Waals surface area contributed by atoms with E-state index < -0.39 is 0 Å². The van der Waals surface area contributed by atoms with Gasteiger partial charge in [0.1, 0.15) is 0 Å². The molecule has 0 bridgehead atoms. The van der Waals surface area contributed by atoms with Crippen LogP contribution in [0.2, 0.25) is 0 Å². The van der Waals surface area contributed by atoms with Crippen molar-refractivity contribution in [3.63, 3.8) is 0 Å².